The monoisotopic (exact) mass is 293 g/mol. The van der Waals surface area contributed by atoms with Crippen LogP contribution >= 0.6 is 11.6 Å². The molecule has 0 unspecified atom stereocenters. The molecule has 0 spiro atoms. The van der Waals surface area contributed by atoms with E-state index in [2.05, 4.69) is 4.72 Å². The summed E-state index contributed by atoms with van der Waals surface area (Å²) in [6.07, 6.45) is 1.98. The molecule has 0 fully saturated rings. The molecule has 1 N–H and O–H groups in total. The Hall–Kier alpha value is -0.650. The van der Waals surface area contributed by atoms with Gasteiger partial charge in [0.05, 0.1) is 10.8 Å². The van der Waals surface area contributed by atoms with Gasteiger partial charge in [0.25, 0.3) is 0 Å². The van der Waals surface area contributed by atoms with Crippen LogP contribution in [0.15, 0.2) is 18.2 Å². The Labute approximate surface area is 112 Å². The summed E-state index contributed by atoms with van der Waals surface area (Å²) in [4.78, 5) is 0. The largest absolute Gasteiger partial charge is 0.215 e. The van der Waals surface area contributed by atoms with Crippen molar-refractivity contribution in [2.45, 2.75) is 26.2 Å². The highest BCUT2D eigenvalue weighted by molar-refractivity contribution is 7.89. The van der Waals surface area contributed by atoms with Gasteiger partial charge in [-0.1, -0.05) is 31.0 Å². The number of hydrogen-bond donors (Lipinski definition) is 1. The molecule has 0 amide bonds. The predicted octanol–water partition coefficient (Wildman–Crippen LogP) is 2.74. The molecule has 18 heavy (non-hydrogen) atoms. The van der Waals surface area contributed by atoms with Crippen LogP contribution in [0.1, 0.15) is 25.3 Å². The zero-order chi connectivity index (χ0) is 13.6. The van der Waals surface area contributed by atoms with Crippen LogP contribution in [0, 0.1) is 5.82 Å². The lowest BCUT2D eigenvalue weighted by Crippen LogP contribution is -2.28. The van der Waals surface area contributed by atoms with E-state index >= 15 is 0 Å². The fourth-order valence-corrected chi connectivity index (χ4v) is 2.88. The van der Waals surface area contributed by atoms with E-state index in [1.807, 2.05) is 6.92 Å². The first kappa shape index (κ1) is 15.4. The van der Waals surface area contributed by atoms with Crippen molar-refractivity contribution in [2.75, 3.05) is 12.3 Å². The quantitative estimate of drug-likeness (QED) is 0.840. The van der Waals surface area contributed by atoms with E-state index in [4.69, 9.17) is 11.6 Å². The van der Waals surface area contributed by atoms with E-state index in [-0.39, 0.29) is 10.8 Å². The van der Waals surface area contributed by atoms with Crippen molar-refractivity contribution in [3.05, 3.63) is 34.6 Å². The summed E-state index contributed by atoms with van der Waals surface area (Å²) in [7, 11) is -3.19. The smallest absolute Gasteiger partial charge is 0.211 e. The lowest BCUT2D eigenvalue weighted by molar-refractivity contribution is 0.578. The zero-order valence-corrected chi connectivity index (χ0v) is 11.8. The highest BCUT2D eigenvalue weighted by atomic mass is 35.5. The second-order valence-corrected chi connectivity index (χ2v) is 6.40. The lowest BCUT2D eigenvalue weighted by Gasteiger charge is -2.06. The molecule has 1 aromatic rings. The third-order valence-electron chi connectivity index (χ3n) is 2.49. The molecule has 0 heterocycles. The minimum atomic E-state index is -3.19. The fourth-order valence-electron chi connectivity index (χ4n) is 1.45. The molecule has 0 saturated carbocycles. The summed E-state index contributed by atoms with van der Waals surface area (Å²) in [6, 6.07) is 4.39. The van der Waals surface area contributed by atoms with Gasteiger partial charge in [-0.25, -0.2) is 17.5 Å². The van der Waals surface area contributed by atoms with Gasteiger partial charge in [0.2, 0.25) is 10.0 Å². The minimum Gasteiger partial charge on any atom is -0.215 e. The topological polar surface area (TPSA) is 46.2 Å². The van der Waals surface area contributed by atoms with Gasteiger partial charge in [0, 0.05) is 6.54 Å². The van der Waals surface area contributed by atoms with Crippen LogP contribution < -0.4 is 4.72 Å². The van der Waals surface area contributed by atoms with E-state index in [1.54, 1.807) is 6.07 Å². The summed E-state index contributed by atoms with van der Waals surface area (Å²) < 4.78 is 38.4. The second kappa shape index (κ2) is 7.07. The molecule has 0 radical (unpaired) electrons. The Morgan fingerprint density at radius 3 is 2.72 bits per heavy atom. The van der Waals surface area contributed by atoms with Gasteiger partial charge in [-0.3, -0.25) is 0 Å². The second-order valence-electron chi connectivity index (χ2n) is 4.07. The van der Waals surface area contributed by atoms with Crippen LogP contribution in [0.3, 0.4) is 0 Å². The average Bonchev–Trinajstić information content (AvgIpc) is 2.31. The SMILES string of the molecule is CCCCS(=O)(=O)NCCc1ccc(F)c(Cl)c1. The van der Waals surface area contributed by atoms with Crippen LogP contribution in [0.25, 0.3) is 0 Å². The molecule has 0 aliphatic carbocycles. The molecule has 0 aromatic heterocycles. The molecule has 1 aromatic carbocycles. The van der Waals surface area contributed by atoms with Gasteiger partial charge in [0.15, 0.2) is 0 Å². The maximum atomic E-state index is 12.9. The molecule has 0 aliphatic rings. The molecule has 1 rings (SSSR count). The van der Waals surface area contributed by atoms with Crippen LogP contribution in [0.5, 0.6) is 0 Å². The molecule has 3 nitrogen and oxygen atoms in total. The zero-order valence-electron chi connectivity index (χ0n) is 10.2. The van der Waals surface area contributed by atoms with E-state index in [9.17, 15) is 12.8 Å². The molecular formula is C12H17ClFNO2S. The third-order valence-corrected chi connectivity index (χ3v) is 4.25. The predicted molar refractivity (Wildman–Crippen MR) is 71.8 cm³/mol. The van der Waals surface area contributed by atoms with Crippen LogP contribution in [0.4, 0.5) is 4.39 Å². The molecule has 6 heteroatoms. The van der Waals surface area contributed by atoms with Gasteiger partial charge < -0.3 is 0 Å². The Morgan fingerprint density at radius 1 is 1.39 bits per heavy atom. The van der Waals surface area contributed by atoms with Gasteiger partial charge in [0.1, 0.15) is 5.82 Å². The van der Waals surface area contributed by atoms with Gasteiger partial charge in [-0.2, -0.15) is 0 Å². The van der Waals surface area contributed by atoms with Crippen molar-refractivity contribution < 1.29 is 12.8 Å². The molecule has 0 aliphatic heterocycles. The van der Waals surface area contributed by atoms with Crippen LogP contribution in [-0.4, -0.2) is 20.7 Å². The maximum Gasteiger partial charge on any atom is 0.211 e. The van der Waals surface area contributed by atoms with E-state index < -0.39 is 15.8 Å². The number of unbranched alkanes of at least 4 members (excludes halogenated alkanes) is 1. The number of rotatable bonds is 7. The number of nitrogens with one attached hydrogen (secondary N) is 1. The first-order valence-electron chi connectivity index (χ1n) is 5.86. The highest BCUT2D eigenvalue weighted by Crippen LogP contribution is 2.16. The summed E-state index contributed by atoms with van der Waals surface area (Å²) >= 11 is 5.64. The standard InChI is InChI=1S/C12H17ClFNO2S/c1-2-3-8-18(16,17)15-7-6-10-4-5-12(14)11(13)9-10/h4-5,9,15H,2-3,6-8H2,1H3. The maximum absolute atomic E-state index is 12.9. The molecular weight excluding hydrogens is 277 g/mol. The van der Waals surface area contributed by atoms with Crippen molar-refractivity contribution in [3.8, 4) is 0 Å². The van der Waals surface area contributed by atoms with Crippen molar-refractivity contribution in [1.82, 2.24) is 4.72 Å². The highest BCUT2D eigenvalue weighted by Gasteiger charge is 2.08. The van der Waals surface area contributed by atoms with Gasteiger partial charge >= 0.3 is 0 Å². The Bertz CT molecular complexity index is 491. The van der Waals surface area contributed by atoms with Gasteiger partial charge in [-0.05, 0) is 30.5 Å². The number of benzene rings is 1. The van der Waals surface area contributed by atoms with E-state index in [0.29, 0.717) is 19.4 Å². The van der Waals surface area contributed by atoms with Crippen LogP contribution in [0.2, 0.25) is 5.02 Å². The van der Waals surface area contributed by atoms with Gasteiger partial charge in [-0.15, -0.1) is 0 Å². The van der Waals surface area contributed by atoms with Crippen molar-refractivity contribution in [1.29, 1.82) is 0 Å². The van der Waals surface area contributed by atoms with Crippen LogP contribution in [-0.2, 0) is 16.4 Å². The minimum absolute atomic E-state index is 0.0568. The molecule has 0 atom stereocenters. The van der Waals surface area contributed by atoms with Crippen molar-refractivity contribution in [2.24, 2.45) is 0 Å². The summed E-state index contributed by atoms with van der Waals surface area (Å²) in [6.45, 7) is 2.24. The first-order chi connectivity index (χ1) is 8.44. The third kappa shape index (κ3) is 5.33. The lowest BCUT2D eigenvalue weighted by atomic mass is 10.1. The van der Waals surface area contributed by atoms with Crippen molar-refractivity contribution in [3.63, 3.8) is 0 Å². The normalized spacial score (nSPS) is 11.7. The Morgan fingerprint density at radius 2 is 2.11 bits per heavy atom. The summed E-state index contributed by atoms with van der Waals surface area (Å²) in [5.74, 6) is -0.322. The number of halogens is 2. The molecule has 0 saturated heterocycles. The summed E-state index contributed by atoms with van der Waals surface area (Å²) in [5, 5.41) is 0.0568. The molecule has 102 valence electrons. The fraction of sp³-hybridized carbons (Fsp3) is 0.500. The summed E-state index contributed by atoms with van der Waals surface area (Å²) in [5.41, 5.74) is 0.805. The number of sulfonamides is 1. The van der Waals surface area contributed by atoms with E-state index in [0.717, 1.165) is 12.0 Å². The van der Waals surface area contributed by atoms with Crippen molar-refractivity contribution >= 4 is 21.6 Å². The Balaban J connectivity index is 2.44. The Kier molecular flexibility index (Phi) is 6.05. The average molecular weight is 294 g/mol. The number of hydrogen-bond acceptors (Lipinski definition) is 2. The van der Waals surface area contributed by atoms with E-state index in [1.165, 1.54) is 12.1 Å². The first-order valence-corrected chi connectivity index (χ1v) is 7.89. The molecule has 0 bridgehead atoms.